The summed E-state index contributed by atoms with van der Waals surface area (Å²) in [7, 11) is 1.35. The molecular weight excluding hydrogens is 326 g/mol. The summed E-state index contributed by atoms with van der Waals surface area (Å²) in [5.41, 5.74) is 4.32. The van der Waals surface area contributed by atoms with Gasteiger partial charge in [-0.1, -0.05) is 37.3 Å². The third-order valence-electron chi connectivity index (χ3n) is 3.02. The zero-order valence-corrected chi connectivity index (χ0v) is 15.0. The van der Waals surface area contributed by atoms with Crippen molar-refractivity contribution in [3.05, 3.63) is 40.4 Å². The molecule has 0 spiro atoms. The van der Waals surface area contributed by atoms with Crippen molar-refractivity contribution in [2.75, 3.05) is 19.1 Å². The SMILES string of the molecule is COC(=O)c1sc(N/N=C/c2ccccc2OCC(C)C)nc1C. The Balaban J connectivity index is 2.06. The second-order valence-corrected chi connectivity index (χ2v) is 6.54. The van der Waals surface area contributed by atoms with E-state index in [1.54, 1.807) is 13.1 Å². The smallest absolute Gasteiger partial charge is 0.350 e. The molecule has 0 saturated heterocycles. The normalized spacial score (nSPS) is 11.0. The lowest BCUT2D eigenvalue weighted by molar-refractivity contribution is 0.0605. The molecule has 1 heterocycles. The van der Waals surface area contributed by atoms with Crippen molar-refractivity contribution in [1.29, 1.82) is 0 Å². The molecule has 1 aromatic carbocycles. The van der Waals surface area contributed by atoms with Gasteiger partial charge in [-0.15, -0.1) is 0 Å². The molecule has 0 aliphatic heterocycles. The maximum atomic E-state index is 11.6. The van der Waals surface area contributed by atoms with Gasteiger partial charge >= 0.3 is 5.97 Å². The fourth-order valence-electron chi connectivity index (χ4n) is 1.86. The van der Waals surface area contributed by atoms with Crippen LogP contribution in [0, 0.1) is 12.8 Å². The van der Waals surface area contributed by atoms with Crippen molar-refractivity contribution in [3.63, 3.8) is 0 Å². The number of anilines is 1. The number of rotatable bonds is 7. The van der Waals surface area contributed by atoms with Crippen molar-refractivity contribution in [2.24, 2.45) is 11.0 Å². The number of nitrogens with one attached hydrogen (secondary N) is 1. The zero-order chi connectivity index (χ0) is 17.5. The molecule has 0 fully saturated rings. The molecule has 128 valence electrons. The Morgan fingerprint density at radius 3 is 2.88 bits per heavy atom. The molecule has 0 aliphatic rings. The first-order valence-corrected chi connectivity index (χ1v) is 8.39. The van der Waals surface area contributed by atoms with E-state index in [4.69, 9.17) is 9.47 Å². The van der Waals surface area contributed by atoms with Gasteiger partial charge in [-0.3, -0.25) is 5.43 Å². The van der Waals surface area contributed by atoms with Crippen LogP contribution in [0.4, 0.5) is 5.13 Å². The highest BCUT2D eigenvalue weighted by molar-refractivity contribution is 7.17. The molecule has 0 bridgehead atoms. The van der Waals surface area contributed by atoms with E-state index in [1.807, 2.05) is 24.3 Å². The van der Waals surface area contributed by atoms with Crippen LogP contribution in [0.1, 0.15) is 34.8 Å². The van der Waals surface area contributed by atoms with Gasteiger partial charge in [0.1, 0.15) is 10.6 Å². The predicted octanol–water partition coefficient (Wildman–Crippen LogP) is 3.72. The number of methoxy groups -OCH3 is 1. The highest BCUT2D eigenvalue weighted by atomic mass is 32.1. The molecule has 0 saturated carbocycles. The predicted molar refractivity (Wildman–Crippen MR) is 96.2 cm³/mol. The van der Waals surface area contributed by atoms with E-state index < -0.39 is 5.97 Å². The first-order chi connectivity index (χ1) is 11.5. The number of nitrogens with zero attached hydrogens (tertiary/aromatic N) is 2. The number of carbonyl (C=O) groups is 1. The van der Waals surface area contributed by atoms with Gasteiger partial charge in [0.05, 0.1) is 25.6 Å². The summed E-state index contributed by atoms with van der Waals surface area (Å²) in [6.07, 6.45) is 1.67. The topological polar surface area (TPSA) is 72.8 Å². The highest BCUT2D eigenvalue weighted by Crippen LogP contribution is 2.23. The van der Waals surface area contributed by atoms with E-state index in [0.717, 1.165) is 11.3 Å². The number of esters is 1. The molecule has 2 rings (SSSR count). The van der Waals surface area contributed by atoms with Crippen molar-refractivity contribution in [2.45, 2.75) is 20.8 Å². The van der Waals surface area contributed by atoms with Gasteiger partial charge in [0.15, 0.2) is 0 Å². The van der Waals surface area contributed by atoms with Crippen LogP contribution in [0.2, 0.25) is 0 Å². The number of aromatic nitrogens is 1. The van der Waals surface area contributed by atoms with Crippen LogP contribution < -0.4 is 10.2 Å². The Bertz CT molecular complexity index is 726. The number of aryl methyl sites for hydroxylation is 1. The molecule has 7 heteroatoms. The molecule has 0 unspecified atom stereocenters. The Hall–Kier alpha value is -2.41. The van der Waals surface area contributed by atoms with E-state index in [9.17, 15) is 4.79 Å². The summed E-state index contributed by atoms with van der Waals surface area (Å²) >= 11 is 1.20. The summed E-state index contributed by atoms with van der Waals surface area (Å²) in [5.74, 6) is 0.833. The summed E-state index contributed by atoms with van der Waals surface area (Å²) < 4.78 is 10.5. The molecule has 24 heavy (non-hydrogen) atoms. The number of ether oxygens (including phenoxy) is 2. The van der Waals surface area contributed by atoms with Crippen LogP contribution in [0.3, 0.4) is 0 Å². The van der Waals surface area contributed by atoms with Gasteiger partial charge in [0.25, 0.3) is 0 Å². The lowest BCUT2D eigenvalue weighted by Gasteiger charge is -2.10. The second kappa shape index (κ2) is 8.44. The maximum absolute atomic E-state index is 11.6. The number of hydrazone groups is 1. The first-order valence-electron chi connectivity index (χ1n) is 7.58. The molecule has 6 nitrogen and oxygen atoms in total. The quantitative estimate of drug-likeness (QED) is 0.469. The Morgan fingerprint density at radius 2 is 2.17 bits per heavy atom. The highest BCUT2D eigenvalue weighted by Gasteiger charge is 2.15. The van der Waals surface area contributed by atoms with Crippen molar-refractivity contribution in [3.8, 4) is 5.75 Å². The Kier molecular flexibility index (Phi) is 6.31. The maximum Gasteiger partial charge on any atom is 0.350 e. The Labute approximate surface area is 145 Å². The average molecular weight is 347 g/mol. The molecular formula is C17H21N3O3S. The molecule has 1 N–H and O–H groups in total. The second-order valence-electron chi connectivity index (χ2n) is 5.54. The number of hydrogen-bond acceptors (Lipinski definition) is 7. The monoisotopic (exact) mass is 347 g/mol. The molecule has 0 aliphatic carbocycles. The van der Waals surface area contributed by atoms with Gasteiger partial charge in [0, 0.05) is 5.56 Å². The number of benzene rings is 1. The first kappa shape index (κ1) is 17.9. The molecule has 2 aromatic rings. The number of hydrogen-bond donors (Lipinski definition) is 1. The minimum absolute atomic E-state index is 0.394. The van der Waals surface area contributed by atoms with E-state index in [0.29, 0.717) is 28.2 Å². The van der Waals surface area contributed by atoms with Crippen LogP contribution >= 0.6 is 11.3 Å². The number of carbonyl (C=O) groups excluding carboxylic acids is 1. The lowest BCUT2D eigenvalue weighted by atomic mass is 10.2. The van der Waals surface area contributed by atoms with E-state index in [-0.39, 0.29) is 0 Å². The van der Waals surface area contributed by atoms with E-state index in [1.165, 1.54) is 18.4 Å². The van der Waals surface area contributed by atoms with Crippen LogP contribution in [-0.4, -0.2) is 30.9 Å². The summed E-state index contributed by atoms with van der Waals surface area (Å²) in [4.78, 5) is 16.3. The minimum Gasteiger partial charge on any atom is -0.493 e. The van der Waals surface area contributed by atoms with Crippen molar-refractivity contribution < 1.29 is 14.3 Å². The van der Waals surface area contributed by atoms with Crippen molar-refractivity contribution >= 4 is 28.7 Å². The third kappa shape index (κ3) is 4.79. The summed E-state index contributed by atoms with van der Waals surface area (Å²) in [6, 6.07) is 7.68. The van der Waals surface area contributed by atoms with E-state index in [2.05, 4.69) is 29.4 Å². The lowest BCUT2D eigenvalue weighted by Crippen LogP contribution is -2.06. The largest absolute Gasteiger partial charge is 0.493 e. The summed E-state index contributed by atoms with van der Waals surface area (Å²) in [6.45, 7) is 6.60. The van der Waals surface area contributed by atoms with Crippen LogP contribution in [-0.2, 0) is 4.74 Å². The van der Waals surface area contributed by atoms with Crippen molar-refractivity contribution in [1.82, 2.24) is 4.98 Å². The summed E-state index contributed by atoms with van der Waals surface area (Å²) in [5, 5.41) is 4.71. The number of para-hydroxylation sites is 1. The molecule has 0 radical (unpaired) electrons. The number of thiazole rings is 1. The van der Waals surface area contributed by atoms with Gasteiger partial charge < -0.3 is 9.47 Å². The van der Waals surface area contributed by atoms with Gasteiger partial charge in [0.2, 0.25) is 5.13 Å². The van der Waals surface area contributed by atoms with Gasteiger partial charge in [-0.25, -0.2) is 9.78 Å². The minimum atomic E-state index is -0.394. The molecule has 0 amide bonds. The van der Waals surface area contributed by atoms with Crippen LogP contribution in [0.15, 0.2) is 29.4 Å². The van der Waals surface area contributed by atoms with Gasteiger partial charge in [-0.2, -0.15) is 5.10 Å². The molecule has 1 aromatic heterocycles. The zero-order valence-electron chi connectivity index (χ0n) is 14.2. The Morgan fingerprint density at radius 1 is 1.42 bits per heavy atom. The standard InChI is InChI=1S/C17H21N3O3S/c1-11(2)10-23-14-8-6-5-7-13(14)9-18-20-17-19-12(3)15(24-17)16(21)22-4/h5-9,11H,10H2,1-4H3,(H,19,20)/b18-9+. The van der Waals surface area contributed by atoms with Crippen LogP contribution in [0.5, 0.6) is 5.75 Å². The molecule has 0 atom stereocenters. The van der Waals surface area contributed by atoms with Gasteiger partial charge in [-0.05, 0) is 25.0 Å². The fraction of sp³-hybridized carbons (Fsp3) is 0.353. The average Bonchev–Trinajstić information content (AvgIpc) is 2.94. The van der Waals surface area contributed by atoms with Crippen LogP contribution in [0.25, 0.3) is 0 Å². The fourth-order valence-corrected chi connectivity index (χ4v) is 2.69. The third-order valence-corrected chi connectivity index (χ3v) is 4.06. The van der Waals surface area contributed by atoms with E-state index >= 15 is 0 Å².